The summed E-state index contributed by atoms with van der Waals surface area (Å²) in [6.07, 6.45) is 4.60. The molecule has 2 aliphatic heterocycles. The molecular weight excluding hydrogens is 206 g/mol. The Morgan fingerprint density at radius 3 is 2.06 bits per heavy atom. The van der Waals surface area contributed by atoms with Gasteiger partial charge in [0.25, 0.3) is 0 Å². The molecule has 1 N–H and O–H groups in total. The molecule has 0 radical (unpaired) electrons. The van der Waals surface area contributed by atoms with Crippen LogP contribution >= 0.6 is 0 Å². The number of hydrogen-bond acceptors (Lipinski definition) is 4. The molecule has 2 saturated heterocycles. The van der Waals surface area contributed by atoms with Gasteiger partial charge in [0.2, 0.25) is 0 Å². The van der Waals surface area contributed by atoms with Crippen molar-refractivity contribution in [3.63, 3.8) is 0 Å². The summed E-state index contributed by atoms with van der Waals surface area (Å²) < 4.78 is 10.6. The highest BCUT2D eigenvalue weighted by Crippen LogP contribution is 2.15. The van der Waals surface area contributed by atoms with Crippen LogP contribution in [-0.4, -0.2) is 39.6 Å². The molecular formula is C12H23NO3. The number of hydroxylamine groups is 1. The van der Waals surface area contributed by atoms with E-state index in [1.165, 1.54) is 0 Å². The summed E-state index contributed by atoms with van der Waals surface area (Å²) in [6.45, 7) is 5.40. The van der Waals surface area contributed by atoms with Crippen molar-refractivity contribution in [1.82, 2.24) is 5.48 Å². The molecule has 2 fully saturated rings. The number of rotatable bonds is 5. The average molecular weight is 229 g/mol. The van der Waals surface area contributed by atoms with E-state index in [2.05, 4.69) is 5.48 Å². The maximum absolute atomic E-state index is 5.53. The van der Waals surface area contributed by atoms with Crippen LogP contribution in [0.25, 0.3) is 0 Å². The van der Waals surface area contributed by atoms with Crippen LogP contribution in [0.15, 0.2) is 0 Å². The van der Waals surface area contributed by atoms with Crippen molar-refractivity contribution in [2.75, 3.05) is 39.6 Å². The molecule has 2 rings (SSSR count). The van der Waals surface area contributed by atoms with Gasteiger partial charge in [-0.2, -0.15) is 0 Å². The molecule has 0 amide bonds. The van der Waals surface area contributed by atoms with Crippen LogP contribution in [0.1, 0.15) is 25.7 Å². The molecule has 0 spiro atoms. The zero-order valence-corrected chi connectivity index (χ0v) is 9.95. The third kappa shape index (κ3) is 4.37. The molecule has 4 heteroatoms. The highest BCUT2D eigenvalue weighted by molar-refractivity contribution is 4.64. The van der Waals surface area contributed by atoms with Crippen molar-refractivity contribution in [2.24, 2.45) is 11.8 Å². The Morgan fingerprint density at radius 1 is 0.875 bits per heavy atom. The molecule has 0 atom stereocenters. The lowest BCUT2D eigenvalue weighted by molar-refractivity contribution is -0.0302. The molecule has 2 heterocycles. The summed E-state index contributed by atoms with van der Waals surface area (Å²) >= 11 is 0. The second kappa shape index (κ2) is 7.22. The first-order chi connectivity index (χ1) is 7.95. The molecule has 0 aromatic carbocycles. The molecule has 2 aliphatic rings. The van der Waals surface area contributed by atoms with E-state index in [0.29, 0.717) is 5.92 Å². The van der Waals surface area contributed by atoms with E-state index in [0.717, 1.165) is 71.2 Å². The molecule has 0 aromatic heterocycles. The van der Waals surface area contributed by atoms with Gasteiger partial charge in [-0.15, -0.1) is 0 Å². The Bertz CT molecular complexity index is 157. The number of hydrogen-bond donors (Lipinski definition) is 1. The van der Waals surface area contributed by atoms with E-state index >= 15 is 0 Å². The first-order valence-corrected chi connectivity index (χ1v) is 6.45. The van der Waals surface area contributed by atoms with E-state index < -0.39 is 0 Å². The predicted molar refractivity (Wildman–Crippen MR) is 61.0 cm³/mol. The monoisotopic (exact) mass is 229 g/mol. The largest absolute Gasteiger partial charge is 0.381 e. The lowest BCUT2D eigenvalue weighted by atomic mass is 10.0. The van der Waals surface area contributed by atoms with Crippen molar-refractivity contribution in [3.8, 4) is 0 Å². The zero-order chi connectivity index (χ0) is 11.1. The Balaban J connectivity index is 1.47. The minimum atomic E-state index is 0.677. The second-order valence-electron chi connectivity index (χ2n) is 4.77. The van der Waals surface area contributed by atoms with Gasteiger partial charge in [0.05, 0.1) is 6.61 Å². The lowest BCUT2D eigenvalue weighted by Gasteiger charge is -2.24. The van der Waals surface area contributed by atoms with Crippen LogP contribution in [0.4, 0.5) is 0 Å². The van der Waals surface area contributed by atoms with Crippen LogP contribution < -0.4 is 5.48 Å². The summed E-state index contributed by atoms with van der Waals surface area (Å²) in [6, 6.07) is 0. The van der Waals surface area contributed by atoms with Gasteiger partial charge in [0.1, 0.15) is 0 Å². The Kier molecular flexibility index (Phi) is 5.55. The molecule has 0 aromatic rings. The SMILES string of the molecule is C1CC(CNOCC2CCOCC2)CCO1. The maximum atomic E-state index is 5.53. The van der Waals surface area contributed by atoms with Gasteiger partial charge in [-0.25, -0.2) is 5.48 Å². The van der Waals surface area contributed by atoms with Crippen molar-refractivity contribution >= 4 is 0 Å². The van der Waals surface area contributed by atoms with E-state index in [-0.39, 0.29) is 0 Å². The van der Waals surface area contributed by atoms with Gasteiger partial charge in [0, 0.05) is 33.0 Å². The third-order valence-corrected chi connectivity index (χ3v) is 3.47. The zero-order valence-electron chi connectivity index (χ0n) is 9.95. The van der Waals surface area contributed by atoms with Gasteiger partial charge in [-0.3, -0.25) is 0 Å². The molecule has 94 valence electrons. The topological polar surface area (TPSA) is 39.7 Å². The van der Waals surface area contributed by atoms with Gasteiger partial charge in [-0.1, -0.05) is 0 Å². The predicted octanol–water partition coefficient (Wildman–Crippen LogP) is 1.36. The molecule has 0 unspecified atom stereocenters. The Morgan fingerprint density at radius 2 is 1.44 bits per heavy atom. The summed E-state index contributed by atoms with van der Waals surface area (Å²) in [5.74, 6) is 1.40. The standard InChI is InChI=1S/C12H23NO3/c1-5-14-6-2-11(1)9-13-16-10-12-3-7-15-8-4-12/h11-13H,1-10H2. The molecule has 0 saturated carbocycles. The minimum absolute atomic E-state index is 0.677. The fraction of sp³-hybridized carbons (Fsp3) is 1.00. The van der Waals surface area contributed by atoms with Crippen molar-refractivity contribution in [2.45, 2.75) is 25.7 Å². The smallest absolute Gasteiger partial charge is 0.0712 e. The molecule has 4 nitrogen and oxygen atoms in total. The van der Waals surface area contributed by atoms with Crippen molar-refractivity contribution < 1.29 is 14.3 Å². The lowest BCUT2D eigenvalue weighted by Crippen LogP contribution is -2.30. The Hall–Kier alpha value is -0.160. The highest BCUT2D eigenvalue weighted by Gasteiger charge is 2.15. The van der Waals surface area contributed by atoms with Crippen LogP contribution in [0.5, 0.6) is 0 Å². The summed E-state index contributed by atoms with van der Waals surface area (Å²) in [4.78, 5) is 5.53. The number of nitrogens with one attached hydrogen (secondary N) is 1. The third-order valence-electron chi connectivity index (χ3n) is 3.47. The fourth-order valence-corrected chi connectivity index (χ4v) is 2.22. The molecule has 16 heavy (non-hydrogen) atoms. The van der Waals surface area contributed by atoms with E-state index in [9.17, 15) is 0 Å². The van der Waals surface area contributed by atoms with Gasteiger partial charge in [0.15, 0.2) is 0 Å². The Labute approximate surface area is 97.6 Å². The maximum Gasteiger partial charge on any atom is 0.0712 e. The van der Waals surface area contributed by atoms with Gasteiger partial charge in [-0.05, 0) is 37.5 Å². The highest BCUT2D eigenvalue weighted by atomic mass is 16.6. The normalized spacial score (nSPS) is 24.8. The first-order valence-electron chi connectivity index (χ1n) is 6.45. The van der Waals surface area contributed by atoms with E-state index in [1.54, 1.807) is 0 Å². The van der Waals surface area contributed by atoms with Gasteiger partial charge >= 0.3 is 0 Å². The first kappa shape index (κ1) is 12.3. The van der Waals surface area contributed by atoms with Crippen LogP contribution in [0.2, 0.25) is 0 Å². The van der Waals surface area contributed by atoms with Gasteiger partial charge < -0.3 is 14.3 Å². The van der Waals surface area contributed by atoms with E-state index in [1.807, 2.05) is 0 Å². The minimum Gasteiger partial charge on any atom is -0.381 e. The quantitative estimate of drug-likeness (QED) is 0.571. The molecule has 0 aliphatic carbocycles. The summed E-state index contributed by atoms with van der Waals surface area (Å²) in [5, 5.41) is 0. The molecule has 0 bridgehead atoms. The average Bonchev–Trinajstić information content (AvgIpc) is 2.37. The van der Waals surface area contributed by atoms with Crippen LogP contribution in [-0.2, 0) is 14.3 Å². The fourth-order valence-electron chi connectivity index (χ4n) is 2.22. The van der Waals surface area contributed by atoms with Crippen molar-refractivity contribution in [3.05, 3.63) is 0 Å². The van der Waals surface area contributed by atoms with E-state index in [4.69, 9.17) is 14.3 Å². The summed E-state index contributed by atoms with van der Waals surface area (Å²) in [7, 11) is 0. The van der Waals surface area contributed by atoms with Crippen molar-refractivity contribution in [1.29, 1.82) is 0 Å². The summed E-state index contributed by atoms with van der Waals surface area (Å²) in [5.41, 5.74) is 3.11. The number of ether oxygens (including phenoxy) is 2. The van der Waals surface area contributed by atoms with Crippen LogP contribution in [0, 0.1) is 11.8 Å². The van der Waals surface area contributed by atoms with Crippen LogP contribution in [0.3, 0.4) is 0 Å². The second-order valence-corrected chi connectivity index (χ2v) is 4.77.